The monoisotopic (exact) mass is 354 g/mol. The molecule has 1 aromatic heterocycles. The lowest BCUT2D eigenvalue weighted by Gasteiger charge is -2.09. The lowest BCUT2D eigenvalue weighted by atomic mass is 10.1. The number of methoxy groups -OCH3 is 1. The first-order chi connectivity index (χ1) is 12.8. The first-order valence-electron chi connectivity index (χ1n) is 9.96. The van der Waals surface area contributed by atoms with Crippen LogP contribution in [0.2, 0.25) is 0 Å². The quantitative estimate of drug-likeness (QED) is 0.481. The minimum absolute atomic E-state index is 0.580. The Kier molecular flexibility index (Phi) is 6.87. The number of rotatable bonds is 11. The van der Waals surface area contributed by atoms with Gasteiger partial charge in [-0.15, -0.1) is 0 Å². The van der Waals surface area contributed by atoms with Gasteiger partial charge in [0.25, 0.3) is 0 Å². The van der Waals surface area contributed by atoms with Crippen LogP contribution in [-0.4, -0.2) is 23.7 Å². The molecule has 0 saturated heterocycles. The summed E-state index contributed by atoms with van der Waals surface area (Å²) in [6, 6.07) is 8.03. The average molecular weight is 354 g/mol. The first kappa shape index (κ1) is 18.7. The summed E-state index contributed by atoms with van der Waals surface area (Å²) in [5.41, 5.74) is 2.12. The van der Waals surface area contributed by atoms with E-state index in [1.807, 2.05) is 30.5 Å². The minimum Gasteiger partial charge on any atom is -0.494 e. The predicted octanol–water partition coefficient (Wildman–Crippen LogP) is 5.77. The fraction of sp³-hybridized carbons (Fsp3) is 0.545. The van der Waals surface area contributed by atoms with Crippen LogP contribution in [0.1, 0.15) is 69.8 Å². The van der Waals surface area contributed by atoms with E-state index in [2.05, 4.69) is 16.9 Å². The van der Waals surface area contributed by atoms with Crippen molar-refractivity contribution in [2.75, 3.05) is 13.7 Å². The molecule has 26 heavy (non-hydrogen) atoms. The van der Waals surface area contributed by atoms with Gasteiger partial charge in [-0.2, -0.15) is 4.98 Å². The predicted molar refractivity (Wildman–Crippen MR) is 105 cm³/mol. The smallest absolute Gasteiger partial charge is 0.220 e. The molecule has 0 amide bonds. The van der Waals surface area contributed by atoms with Gasteiger partial charge in [-0.05, 0) is 49.4 Å². The minimum atomic E-state index is 0.580. The summed E-state index contributed by atoms with van der Waals surface area (Å²) in [5, 5.41) is 0. The average Bonchev–Trinajstić information content (AvgIpc) is 3.52. The number of benzene rings is 1. The Morgan fingerprint density at radius 2 is 1.73 bits per heavy atom. The Balaban J connectivity index is 1.51. The van der Waals surface area contributed by atoms with Crippen molar-refractivity contribution in [2.45, 2.75) is 64.2 Å². The number of nitrogens with zero attached hydrogens (tertiary/aromatic N) is 2. The lowest BCUT2D eigenvalue weighted by molar-refractivity contribution is 0.304. The summed E-state index contributed by atoms with van der Waals surface area (Å²) in [7, 11) is 1.68. The topological polar surface area (TPSA) is 44.2 Å². The van der Waals surface area contributed by atoms with Crippen LogP contribution >= 0.6 is 0 Å². The highest BCUT2D eigenvalue weighted by molar-refractivity contribution is 5.57. The Hall–Kier alpha value is -2.10. The van der Waals surface area contributed by atoms with E-state index in [0.29, 0.717) is 17.6 Å². The summed E-state index contributed by atoms with van der Waals surface area (Å²) in [4.78, 5) is 9.12. The summed E-state index contributed by atoms with van der Waals surface area (Å²) in [6.45, 7) is 3.03. The molecule has 0 spiro atoms. The van der Waals surface area contributed by atoms with E-state index in [0.717, 1.165) is 29.9 Å². The molecular formula is C22H30N2O2. The fourth-order valence-corrected chi connectivity index (χ4v) is 3.13. The molecule has 0 aliphatic heterocycles. The van der Waals surface area contributed by atoms with Gasteiger partial charge in [-0.25, -0.2) is 4.98 Å². The molecule has 3 rings (SSSR count). The van der Waals surface area contributed by atoms with Gasteiger partial charge < -0.3 is 9.47 Å². The third-order valence-electron chi connectivity index (χ3n) is 4.87. The molecule has 0 unspecified atom stereocenters. The van der Waals surface area contributed by atoms with E-state index in [9.17, 15) is 0 Å². The molecule has 1 aliphatic rings. The number of hydrogen-bond acceptors (Lipinski definition) is 4. The van der Waals surface area contributed by atoms with Crippen molar-refractivity contribution in [3.05, 3.63) is 36.0 Å². The van der Waals surface area contributed by atoms with Gasteiger partial charge in [-0.1, -0.05) is 39.0 Å². The van der Waals surface area contributed by atoms with Gasteiger partial charge in [0, 0.05) is 17.3 Å². The van der Waals surface area contributed by atoms with Crippen LogP contribution in [0.25, 0.3) is 11.4 Å². The van der Waals surface area contributed by atoms with Crippen LogP contribution in [0.15, 0.2) is 30.5 Å². The Morgan fingerprint density at radius 1 is 1.00 bits per heavy atom. The van der Waals surface area contributed by atoms with Gasteiger partial charge in [0.15, 0.2) is 5.82 Å². The zero-order valence-corrected chi connectivity index (χ0v) is 16.0. The highest BCUT2D eigenvalue weighted by Gasteiger charge is 2.28. The van der Waals surface area contributed by atoms with Crippen molar-refractivity contribution < 1.29 is 9.47 Å². The second-order valence-corrected chi connectivity index (χ2v) is 7.07. The van der Waals surface area contributed by atoms with Crippen molar-refractivity contribution in [1.82, 2.24) is 9.97 Å². The lowest BCUT2D eigenvalue weighted by Crippen LogP contribution is -1.99. The van der Waals surface area contributed by atoms with Crippen LogP contribution in [0.5, 0.6) is 11.6 Å². The van der Waals surface area contributed by atoms with Crippen molar-refractivity contribution in [1.29, 1.82) is 0 Å². The molecule has 0 bridgehead atoms. The SMILES string of the molecule is CCCCCCCCOc1ccc(-c2ncc(C3CC3)c(OC)n2)cc1. The molecule has 1 aliphatic carbocycles. The summed E-state index contributed by atoms with van der Waals surface area (Å²) in [6.07, 6.45) is 12.0. The summed E-state index contributed by atoms with van der Waals surface area (Å²) in [5.74, 6) is 2.90. The van der Waals surface area contributed by atoms with Gasteiger partial charge in [0.1, 0.15) is 5.75 Å². The largest absolute Gasteiger partial charge is 0.494 e. The maximum atomic E-state index is 5.84. The van der Waals surface area contributed by atoms with E-state index in [1.54, 1.807) is 7.11 Å². The second-order valence-electron chi connectivity index (χ2n) is 7.07. The molecule has 4 heteroatoms. The fourth-order valence-electron chi connectivity index (χ4n) is 3.13. The van der Waals surface area contributed by atoms with Crippen molar-refractivity contribution >= 4 is 0 Å². The molecule has 1 fully saturated rings. The Bertz CT molecular complexity index is 681. The van der Waals surface area contributed by atoms with Gasteiger partial charge in [0.2, 0.25) is 5.88 Å². The standard InChI is InChI=1S/C22H30N2O2/c1-3-4-5-6-7-8-15-26-19-13-11-18(12-14-19)21-23-16-20(17-9-10-17)22(24-21)25-2/h11-14,16-17H,3-10,15H2,1-2H3. The number of ether oxygens (including phenoxy) is 2. The third kappa shape index (κ3) is 5.20. The van der Waals surface area contributed by atoms with Gasteiger partial charge in [0.05, 0.1) is 13.7 Å². The summed E-state index contributed by atoms with van der Waals surface area (Å²) >= 11 is 0. The maximum absolute atomic E-state index is 5.84. The van der Waals surface area contributed by atoms with Crippen LogP contribution in [0, 0.1) is 0 Å². The first-order valence-corrected chi connectivity index (χ1v) is 9.96. The van der Waals surface area contributed by atoms with Gasteiger partial charge in [-0.3, -0.25) is 0 Å². The number of aromatic nitrogens is 2. The zero-order chi connectivity index (χ0) is 18.2. The molecule has 0 radical (unpaired) electrons. The van der Waals surface area contributed by atoms with E-state index in [-0.39, 0.29) is 0 Å². The van der Waals surface area contributed by atoms with Crippen LogP contribution in [0.4, 0.5) is 0 Å². The van der Waals surface area contributed by atoms with Crippen molar-refractivity contribution in [3.8, 4) is 23.0 Å². The molecule has 1 aromatic carbocycles. The van der Waals surface area contributed by atoms with E-state index >= 15 is 0 Å². The molecular weight excluding hydrogens is 324 g/mol. The number of unbranched alkanes of at least 4 members (excludes halogenated alkanes) is 5. The Labute approximate surface area is 157 Å². The van der Waals surface area contributed by atoms with E-state index in [4.69, 9.17) is 9.47 Å². The highest BCUT2D eigenvalue weighted by Crippen LogP contribution is 2.43. The Morgan fingerprint density at radius 3 is 2.42 bits per heavy atom. The molecule has 0 N–H and O–H groups in total. The van der Waals surface area contributed by atoms with Crippen LogP contribution < -0.4 is 9.47 Å². The van der Waals surface area contributed by atoms with Crippen molar-refractivity contribution in [2.24, 2.45) is 0 Å². The molecule has 4 nitrogen and oxygen atoms in total. The van der Waals surface area contributed by atoms with E-state index < -0.39 is 0 Å². The normalized spacial score (nSPS) is 13.6. The van der Waals surface area contributed by atoms with Crippen molar-refractivity contribution in [3.63, 3.8) is 0 Å². The molecule has 1 saturated carbocycles. The third-order valence-corrected chi connectivity index (χ3v) is 4.87. The second kappa shape index (κ2) is 9.56. The van der Waals surface area contributed by atoms with E-state index in [1.165, 1.54) is 44.9 Å². The number of hydrogen-bond donors (Lipinski definition) is 0. The maximum Gasteiger partial charge on any atom is 0.220 e. The molecule has 1 heterocycles. The highest BCUT2D eigenvalue weighted by atomic mass is 16.5. The molecule has 0 atom stereocenters. The van der Waals surface area contributed by atoms with Crippen LogP contribution in [0.3, 0.4) is 0 Å². The van der Waals surface area contributed by atoms with Crippen LogP contribution in [-0.2, 0) is 0 Å². The molecule has 2 aromatic rings. The zero-order valence-electron chi connectivity index (χ0n) is 16.0. The summed E-state index contributed by atoms with van der Waals surface area (Å²) < 4.78 is 11.3. The van der Waals surface area contributed by atoms with Gasteiger partial charge >= 0.3 is 0 Å². The molecule has 140 valence electrons.